The van der Waals surface area contributed by atoms with Crippen LogP contribution in [0.1, 0.15) is 50.2 Å². The number of hydrogen-bond acceptors (Lipinski definition) is 6. The zero-order valence-corrected chi connectivity index (χ0v) is 26.1. The van der Waals surface area contributed by atoms with Gasteiger partial charge in [0.05, 0.1) is 24.8 Å². The first-order chi connectivity index (χ1) is 20.7. The van der Waals surface area contributed by atoms with Crippen molar-refractivity contribution in [3.05, 3.63) is 83.9 Å². The van der Waals surface area contributed by atoms with Crippen LogP contribution in [0.5, 0.6) is 11.5 Å². The van der Waals surface area contributed by atoms with E-state index in [0.29, 0.717) is 23.6 Å². The minimum absolute atomic E-state index is 0.0226. The second kappa shape index (κ2) is 14.4. The fourth-order valence-corrected chi connectivity index (χ4v) is 6.74. The van der Waals surface area contributed by atoms with Crippen molar-refractivity contribution in [2.24, 2.45) is 0 Å². The molecular weight excluding hydrogens is 566 g/mol. The molecule has 1 atom stereocenters. The average molecular weight is 608 g/mol. The number of nitrogens with one attached hydrogen (secondary N) is 1. The molecule has 1 saturated carbocycles. The van der Waals surface area contributed by atoms with Crippen LogP contribution in [0, 0.1) is 6.92 Å². The molecule has 1 aliphatic carbocycles. The van der Waals surface area contributed by atoms with Crippen molar-refractivity contribution in [3.63, 3.8) is 0 Å². The minimum atomic E-state index is -4.16. The molecule has 1 aliphatic rings. The second-order valence-electron chi connectivity index (χ2n) is 10.8. The number of sulfonamides is 1. The molecule has 0 aliphatic heterocycles. The Kier molecular flexibility index (Phi) is 10.7. The first-order valence-electron chi connectivity index (χ1n) is 14.6. The highest BCUT2D eigenvalue weighted by molar-refractivity contribution is 7.92. The van der Waals surface area contributed by atoms with Gasteiger partial charge in [-0.15, -0.1) is 0 Å². The Bertz CT molecular complexity index is 1470. The van der Waals surface area contributed by atoms with Crippen LogP contribution in [0.4, 0.5) is 5.69 Å². The zero-order chi connectivity index (χ0) is 31.0. The lowest BCUT2D eigenvalue weighted by Gasteiger charge is -2.33. The van der Waals surface area contributed by atoms with Crippen LogP contribution in [0.3, 0.4) is 0 Å². The third kappa shape index (κ3) is 7.87. The smallest absolute Gasteiger partial charge is 0.264 e. The molecule has 2 amide bonds. The van der Waals surface area contributed by atoms with Gasteiger partial charge in [0.25, 0.3) is 10.0 Å². The van der Waals surface area contributed by atoms with Gasteiger partial charge in [-0.05, 0) is 80.3 Å². The van der Waals surface area contributed by atoms with Gasteiger partial charge in [0.1, 0.15) is 24.1 Å². The summed E-state index contributed by atoms with van der Waals surface area (Å²) in [5, 5.41) is 3.13. The largest absolute Gasteiger partial charge is 0.497 e. The molecule has 0 radical (unpaired) electrons. The van der Waals surface area contributed by atoms with Crippen molar-refractivity contribution in [2.45, 2.75) is 69.5 Å². The molecule has 230 valence electrons. The van der Waals surface area contributed by atoms with Crippen LogP contribution in [0.15, 0.2) is 77.7 Å². The van der Waals surface area contributed by atoms with Crippen LogP contribution in [0.2, 0.25) is 0 Å². The summed E-state index contributed by atoms with van der Waals surface area (Å²) in [6, 6.07) is 19.6. The van der Waals surface area contributed by atoms with Crippen molar-refractivity contribution >= 4 is 27.5 Å². The van der Waals surface area contributed by atoms with Crippen LogP contribution in [0.25, 0.3) is 0 Å². The van der Waals surface area contributed by atoms with E-state index in [-0.39, 0.29) is 23.4 Å². The van der Waals surface area contributed by atoms with E-state index in [1.165, 1.54) is 24.1 Å². The molecule has 0 spiro atoms. The van der Waals surface area contributed by atoms with Gasteiger partial charge >= 0.3 is 0 Å². The Hall–Kier alpha value is -4.05. The fraction of sp³-hybridized carbons (Fsp3) is 0.394. The minimum Gasteiger partial charge on any atom is -0.497 e. The highest BCUT2D eigenvalue weighted by Crippen LogP contribution is 2.27. The topological polar surface area (TPSA) is 105 Å². The van der Waals surface area contributed by atoms with E-state index >= 15 is 0 Å². The Morgan fingerprint density at radius 3 is 1.98 bits per heavy atom. The van der Waals surface area contributed by atoms with Crippen LogP contribution in [-0.4, -0.2) is 58.0 Å². The first kappa shape index (κ1) is 31.9. The van der Waals surface area contributed by atoms with Gasteiger partial charge in [0, 0.05) is 12.6 Å². The van der Waals surface area contributed by atoms with Gasteiger partial charge in [-0.1, -0.05) is 49.6 Å². The Labute approximate surface area is 254 Å². The maximum atomic E-state index is 14.2. The number of ether oxygens (including phenoxy) is 2. The fourth-order valence-electron chi connectivity index (χ4n) is 5.33. The van der Waals surface area contributed by atoms with Crippen molar-refractivity contribution in [3.8, 4) is 11.5 Å². The van der Waals surface area contributed by atoms with Gasteiger partial charge in [-0.3, -0.25) is 13.9 Å². The molecular formula is C33H41N3O6S. The molecule has 10 heteroatoms. The number of nitrogens with zero attached hydrogens (tertiary/aromatic N) is 2. The second-order valence-corrected chi connectivity index (χ2v) is 12.7. The van der Waals surface area contributed by atoms with Crippen LogP contribution >= 0.6 is 0 Å². The summed E-state index contributed by atoms with van der Waals surface area (Å²) >= 11 is 0. The van der Waals surface area contributed by atoms with E-state index in [4.69, 9.17) is 9.47 Å². The van der Waals surface area contributed by atoms with E-state index in [0.717, 1.165) is 41.1 Å². The highest BCUT2D eigenvalue weighted by Gasteiger charge is 2.34. The molecule has 3 aromatic rings. The Morgan fingerprint density at radius 2 is 1.44 bits per heavy atom. The summed E-state index contributed by atoms with van der Waals surface area (Å²) < 4.78 is 39.6. The van der Waals surface area contributed by atoms with Crippen molar-refractivity contribution in [1.82, 2.24) is 10.2 Å². The standard InChI is InChI=1S/C33H41N3O6S/c1-5-31(33(38)34-26-8-6-7-9-26)35(22-25-12-16-28(41-3)17-13-25)32(37)23-36(27-14-10-24(2)11-15-27)43(39,40)30-20-18-29(42-4)19-21-30/h10-21,26,31H,5-9,22-23H2,1-4H3,(H,34,38)/t31-/m1/s1. The van der Waals surface area contributed by atoms with Crippen molar-refractivity contribution in [1.29, 1.82) is 0 Å². The highest BCUT2D eigenvalue weighted by atomic mass is 32.2. The molecule has 9 nitrogen and oxygen atoms in total. The number of amides is 2. The number of hydrogen-bond donors (Lipinski definition) is 1. The lowest BCUT2D eigenvalue weighted by molar-refractivity contribution is -0.140. The van der Waals surface area contributed by atoms with E-state index in [1.807, 2.05) is 26.0 Å². The number of benzene rings is 3. The lowest BCUT2D eigenvalue weighted by atomic mass is 10.1. The first-order valence-corrected chi connectivity index (χ1v) is 16.1. The molecule has 43 heavy (non-hydrogen) atoms. The third-order valence-electron chi connectivity index (χ3n) is 7.85. The van der Waals surface area contributed by atoms with E-state index in [9.17, 15) is 18.0 Å². The maximum absolute atomic E-state index is 14.2. The molecule has 0 aromatic heterocycles. The number of aryl methyl sites for hydroxylation is 1. The number of carbonyl (C=O) groups excluding carboxylic acids is 2. The van der Waals surface area contributed by atoms with Gasteiger partial charge < -0.3 is 19.7 Å². The number of rotatable bonds is 13. The van der Waals surface area contributed by atoms with Gasteiger partial charge in [0.15, 0.2) is 0 Å². The monoisotopic (exact) mass is 607 g/mol. The molecule has 0 heterocycles. The lowest BCUT2D eigenvalue weighted by Crippen LogP contribution is -2.53. The summed E-state index contributed by atoms with van der Waals surface area (Å²) in [5.74, 6) is 0.475. The van der Waals surface area contributed by atoms with Gasteiger partial charge in [0.2, 0.25) is 11.8 Å². The average Bonchev–Trinajstić information content (AvgIpc) is 3.53. The molecule has 3 aromatic carbocycles. The van der Waals surface area contributed by atoms with Crippen molar-refractivity contribution in [2.75, 3.05) is 25.1 Å². The predicted octanol–water partition coefficient (Wildman–Crippen LogP) is 5.07. The van der Waals surface area contributed by atoms with Crippen LogP contribution < -0.4 is 19.1 Å². The number of carbonyl (C=O) groups is 2. The summed E-state index contributed by atoms with van der Waals surface area (Å²) in [5.41, 5.74) is 2.09. The summed E-state index contributed by atoms with van der Waals surface area (Å²) in [6.45, 7) is 3.41. The Morgan fingerprint density at radius 1 is 0.884 bits per heavy atom. The summed E-state index contributed by atoms with van der Waals surface area (Å²) in [7, 11) is -1.08. The van der Waals surface area contributed by atoms with E-state index in [1.54, 1.807) is 55.6 Å². The van der Waals surface area contributed by atoms with E-state index in [2.05, 4.69) is 5.32 Å². The number of methoxy groups -OCH3 is 2. The van der Waals surface area contributed by atoms with Gasteiger partial charge in [-0.2, -0.15) is 0 Å². The van der Waals surface area contributed by atoms with Gasteiger partial charge in [-0.25, -0.2) is 8.42 Å². The molecule has 1 N–H and O–H groups in total. The quantitative estimate of drug-likeness (QED) is 0.291. The molecule has 0 bridgehead atoms. The van der Waals surface area contributed by atoms with E-state index < -0.39 is 28.5 Å². The molecule has 4 rings (SSSR count). The molecule has 1 fully saturated rings. The Balaban J connectivity index is 1.70. The molecule has 0 unspecified atom stereocenters. The SMILES string of the molecule is CC[C@H](C(=O)NC1CCCC1)N(Cc1ccc(OC)cc1)C(=O)CN(c1ccc(C)cc1)S(=O)(=O)c1ccc(OC)cc1. The predicted molar refractivity (Wildman–Crippen MR) is 167 cm³/mol. The summed E-state index contributed by atoms with van der Waals surface area (Å²) in [4.78, 5) is 29.3. The maximum Gasteiger partial charge on any atom is 0.264 e. The van der Waals surface area contributed by atoms with Crippen LogP contribution in [-0.2, 0) is 26.2 Å². The zero-order valence-electron chi connectivity index (χ0n) is 25.3. The summed E-state index contributed by atoms with van der Waals surface area (Å²) in [6.07, 6.45) is 4.32. The number of anilines is 1. The normalized spacial score (nSPS) is 14.1. The third-order valence-corrected chi connectivity index (χ3v) is 9.64. The molecule has 0 saturated heterocycles. The van der Waals surface area contributed by atoms with Crippen molar-refractivity contribution < 1.29 is 27.5 Å².